The average Bonchev–Trinajstić information content (AvgIpc) is 2.63. The molecule has 0 aliphatic carbocycles. The van der Waals surface area contributed by atoms with Gasteiger partial charge in [-0.05, 0) is 42.3 Å². The van der Waals surface area contributed by atoms with E-state index in [-0.39, 0.29) is 0 Å². The van der Waals surface area contributed by atoms with Crippen LogP contribution in [-0.2, 0) is 12.7 Å². The second-order valence-electron chi connectivity index (χ2n) is 6.34. The first kappa shape index (κ1) is 20.1. The van der Waals surface area contributed by atoms with E-state index in [1.54, 1.807) is 6.07 Å². The van der Waals surface area contributed by atoms with Crippen molar-refractivity contribution < 1.29 is 17.9 Å². The molecular formula is C21H26F3NO. The smallest absolute Gasteiger partial charge is 0.416 e. The highest BCUT2D eigenvalue weighted by atomic mass is 19.4. The van der Waals surface area contributed by atoms with Gasteiger partial charge < -0.3 is 10.1 Å². The first-order valence-electron chi connectivity index (χ1n) is 9.12. The van der Waals surface area contributed by atoms with Gasteiger partial charge in [-0.1, -0.05) is 50.8 Å². The van der Waals surface area contributed by atoms with Crippen LogP contribution in [0.4, 0.5) is 18.9 Å². The maximum Gasteiger partial charge on any atom is 0.416 e. The van der Waals surface area contributed by atoms with E-state index in [0.717, 1.165) is 29.9 Å². The van der Waals surface area contributed by atoms with Gasteiger partial charge in [0.15, 0.2) is 0 Å². The molecule has 0 fully saturated rings. The number of nitrogens with one attached hydrogen (secondary N) is 1. The molecule has 26 heavy (non-hydrogen) atoms. The summed E-state index contributed by atoms with van der Waals surface area (Å²) in [7, 11) is 0. The van der Waals surface area contributed by atoms with Gasteiger partial charge in [0.05, 0.1) is 12.2 Å². The third-order valence-corrected chi connectivity index (χ3v) is 4.13. The Kier molecular flexibility index (Phi) is 7.82. The molecule has 0 atom stereocenters. The number of benzene rings is 2. The molecule has 0 saturated heterocycles. The van der Waals surface area contributed by atoms with E-state index in [1.807, 2.05) is 24.3 Å². The monoisotopic (exact) mass is 365 g/mol. The molecule has 0 aromatic heterocycles. The molecule has 0 aliphatic heterocycles. The Morgan fingerprint density at radius 2 is 1.65 bits per heavy atom. The fourth-order valence-corrected chi connectivity index (χ4v) is 2.61. The second-order valence-corrected chi connectivity index (χ2v) is 6.34. The molecule has 2 rings (SSSR count). The Labute approximate surface area is 153 Å². The number of ether oxygens (including phenoxy) is 1. The molecule has 2 nitrogen and oxygen atoms in total. The van der Waals surface area contributed by atoms with Crippen molar-refractivity contribution >= 4 is 5.69 Å². The summed E-state index contributed by atoms with van der Waals surface area (Å²) in [6.07, 6.45) is 1.67. The van der Waals surface area contributed by atoms with Crippen LogP contribution in [0.25, 0.3) is 0 Å². The summed E-state index contributed by atoms with van der Waals surface area (Å²) in [4.78, 5) is 0. The van der Waals surface area contributed by atoms with Crippen molar-refractivity contribution in [2.45, 2.75) is 51.7 Å². The van der Waals surface area contributed by atoms with Gasteiger partial charge in [0.1, 0.15) is 5.75 Å². The minimum absolute atomic E-state index is 0.451. The topological polar surface area (TPSA) is 21.3 Å². The number of unbranched alkanes of at least 4 members (excludes halogenated alkanes) is 4. The van der Waals surface area contributed by atoms with E-state index in [2.05, 4.69) is 12.2 Å². The number of rotatable bonds is 10. The number of anilines is 1. The maximum absolute atomic E-state index is 12.7. The fourth-order valence-electron chi connectivity index (χ4n) is 2.61. The van der Waals surface area contributed by atoms with Gasteiger partial charge in [-0.15, -0.1) is 0 Å². The highest BCUT2D eigenvalue weighted by Crippen LogP contribution is 2.30. The van der Waals surface area contributed by atoms with Crippen molar-refractivity contribution in [1.29, 1.82) is 0 Å². The van der Waals surface area contributed by atoms with Gasteiger partial charge >= 0.3 is 6.18 Å². The van der Waals surface area contributed by atoms with Gasteiger partial charge in [0, 0.05) is 12.2 Å². The SMILES string of the molecule is CCCCCCCOc1ccc(CNc2cccc(C(F)(F)F)c2)cc1. The lowest BCUT2D eigenvalue weighted by Gasteiger charge is -2.11. The van der Waals surface area contributed by atoms with Crippen molar-refractivity contribution in [2.75, 3.05) is 11.9 Å². The van der Waals surface area contributed by atoms with E-state index in [4.69, 9.17) is 4.74 Å². The Bertz CT molecular complexity index is 653. The first-order chi connectivity index (χ1) is 12.5. The summed E-state index contributed by atoms with van der Waals surface area (Å²) >= 11 is 0. The Hall–Kier alpha value is -2.17. The maximum atomic E-state index is 12.7. The van der Waals surface area contributed by atoms with Crippen molar-refractivity contribution in [1.82, 2.24) is 0 Å². The number of hydrogen-bond acceptors (Lipinski definition) is 2. The van der Waals surface area contributed by atoms with Crippen LogP contribution < -0.4 is 10.1 Å². The van der Waals surface area contributed by atoms with Crippen molar-refractivity contribution in [3.05, 3.63) is 59.7 Å². The van der Waals surface area contributed by atoms with E-state index in [0.29, 0.717) is 18.8 Å². The highest BCUT2D eigenvalue weighted by molar-refractivity contribution is 5.47. The predicted molar refractivity (Wildman–Crippen MR) is 99.5 cm³/mol. The lowest BCUT2D eigenvalue weighted by Crippen LogP contribution is -2.06. The number of alkyl halides is 3. The minimum Gasteiger partial charge on any atom is -0.494 e. The second kappa shape index (κ2) is 10.1. The van der Waals surface area contributed by atoms with E-state index in [9.17, 15) is 13.2 Å². The molecule has 0 bridgehead atoms. The molecule has 0 heterocycles. The van der Waals surface area contributed by atoms with Gasteiger partial charge in [-0.25, -0.2) is 0 Å². The van der Waals surface area contributed by atoms with Crippen LogP contribution in [0, 0.1) is 0 Å². The fraction of sp³-hybridized carbons (Fsp3) is 0.429. The molecule has 0 unspecified atom stereocenters. The molecule has 0 saturated carbocycles. The van der Waals surface area contributed by atoms with Crippen LogP contribution in [0.15, 0.2) is 48.5 Å². The lowest BCUT2D eigenvalue weighted by molar-refractivity contribution is -0.137. The Balaban J connectivity index is 1.77. The zero-order valence-electron chi connectivity index (χ0n) is 15.1. The zero-order valence-corrected chi connectivity index (χ0v) is 15.1. The third-order valence-electron chi connectivity index (χ3n) is 4.13. The molecular weight excluding hydrogens is 339 g/mol. The molecule has 2 aromatic carbocycles. The lowest BCUT2D eigenvalue weighted by atomic mass is 10.1. The largest absolute Gasteiger partial charge is 0.494 e. The van der Waals surface area contributed by atoms with Gasteiger partial charge in [0.25, 0.3) is 0 Å². The summed E-state index contributed by atoms with van der Waals surface area (Å²) in [5.41, 5.74) is 0.787. The third kappa shape index (κ3) is 6.98. The Morgan fingerprint density at radius 1 is 0.923 bits per heavy atom. The Morgan fingerprint density at radius 3 is 2.35 bits per heavy atom. The molecule has 0 spiro atoms. The van der Waals surface area contributed by atoms with E-state index < -0.39 is 11.7 Å². The molecule has 0 radical (unpaired) electrons. The van der Waals surface area contributed by atoms with Gasteiger partial charge in [0.2, 0.25) is 0 Å². The standard InChI is InChI=1S/C21H26F3NO/c1-2-3-4-5-6-14-26-20-12-10-17(11-13-20)16-25-19-9-7-8-18(15-19)21(22,23)24/h7-13,15,25H,2-6,14,16H2,1H3. The van der Waals surface area contributed by atoms with Crippen molar-refractivity contribution in [2.24, 2.45) is 0 Å². The van der Waals surface area contributed by atoms with Crippen LogP contribution in [0.1, 0.15) is 50.2 Å². The predicted octanol–water partition coefficient (Wildman–Crippen LogP) is 6.67. The summed E-state index contributed by atoms with van der Waals surface area (Å²) in [5, 5.41) is 3.02. The molecule has 0 amide bonds. The molecule has 1 N–H and O–H groups in total. The van der Waals surface area contributed by atoms with Crippen LogP contribution in [0.2, 0.25) is 0 Å². The summed E-state index contributed by atoms with van der Waals surface area (Å²) in [6.45, 7) is 3.37. The van der Waals surface area contributed by atoms with Gasteiger partial charge in [-0.3, -0.25) is 0 Å². The normalized spacial score (nSPS) is 11.4. The summed E-state index contributed by atoms with van der Waals surface area (Å²) in [6, 6.07) is 12.9. The molecule has 5 heteroatoms. The van der Waals surface area contributed by atoms with Crippen LogP contribution >= 0.6 is 0 Å². The summed E-state index contributed by atoms with van der Waals surface area (Å²) < 4.78 is 43.9. The summed E-state index contributed by atoms with van der Waals surface area (Å²) in [5.74, 6) is 0.823. The van der Waals surface area contributed by atoms with Crippen LogP contribution in [-0.4, -0.2) is 6.61 Å². The molecule has 142 valence electrons. The van der Waals surface area contributed by atoms with Gasteiger partial charge in [-0.2, -0.15) is 13.2 Å². The van der Waals surface area contributed by atoms with Crippen LogP contribution in [0.5, 0.6) is 5.75 Å². The first-order valence-corrected chi connectivity index (χ1v) is 9.12. The quantitative estimate of drug-likeness (QED) is 0.475. The highest BCUT2D eigenvalue weighted by Gasteiger charge is 2.30. The number of halogens is 3. The van der Waals surface area contributed by atoms with Crippen LogP contribution in [0.3, 0.4) is 0 Å². The minimum atomic E-state index is -4.33. The zero-order chi connectivity index (χ0) is 18.8. The van der Waals surface area contributed by atoms with Crippen molar-refractivity contribution in [3.8, 4) is 5.75 Å². The average molecular weight is 365 g/mol. The molecule has 2 aromatic rings. The van der Waals surface area contributed by atoms with E-state index >= 15 is 0 Å². The van der Waals surface area contributed by atoms with E-state index in [1.165, 1.54) is 31.7 Å². The van der Waals surface area contributed by atoms with Crippen molar-refractivity contribution in [3.63, 3.8) is 0 Å². The number of hydrogen-bond donors (Lipinski definition) is 1. The molecule has 0 aliphatic rings.